The van der Waals surface area contributed by atoms with Crippen LogP contribution in [-0.2, 0) is 16.0 Å². The van der Waals surface area contributed by atoms with Crippen LogP contribution in [0.1, 0.15) is 31.7 Å². The average molecular weight is 318 g/mol. The molecule has 0 aliphatic carbocycles. The second kappa shape index (κ2) is 8.56. The van der Waals surface area contributed by atoms with E-state index in [0.717, 1.165) is 25.0 Å². The fourth-order valence-corrected chi connectivity index (χ4v) is 2.67. The Balaban J connectivity index is 1.76. The van der Waals surface area contributed by atoms with E-state index >= 15 is 0 Å². The maximum Gasteiger partial charge on any atom is 0.242 e. The van der Waals surface area contributed by atoms with Crippen molar-refractivity contribution in [2.75, 3.05) is 33.3 Å². The van der Waals surface area contributed by atoms with Crippen LogP contribution in [0.2, 0.25) is 0 Å². The largest absolute Gasteiger partial charge is 0.491 e. The highest BCUT2D eigenvalue weighted by atomic mass is 16.5. The van der Waals surface area contributed by atoms with Crippen LogP contribution in [0.15, 0.2) is 24.3 Å². The van der Waals surface area contributed by atoms with Gasteiger partial charge in [-0.25, -0.2) is 0 Å². The minimum atomic E-state index is -0.0346. The van der Waals surface area contributed by atoms with Crippen molar-refractivity contribution in [3.05, 3.63) is 29.8 Å². The van der Waals surface area contributed by atoms with E-state index in [0.29, 0.717) is 26.1 Å². The normalized spacial score (nSPS) is 14.7. The topological polar surface area (TPSA) is 49.9 Å². The van der Waals surface area contributed by atoms with Gasteiger partial charge in [0, 0.05) is 20.0 Å². The predicted molar refractivity (Wildman–Crippen MR) is 89.4 cm³/mol. The van der Waals surface area contributed by atoms with Crippen LogP contribution in [0.3, 0.4) is 0 Å². The Morgan fingerprint density at radius 1 is 1.30 bits per heavy atom. The molecule has 1 aromatic carbocycles. The Bertz CT molecular complexity index is 545. The van der Waals surface area contributed by atoms with E-state index in [1.54, 1.807) is 16.8 Å². The van der Waals surface area contributed by atoms with Crippen molar-refractivity contribution < 1.29 is 14.3 Å². The number of aryl methyl sites for hydroxylation is 1. The molecule has 0 atom stereocenters. The Hall–Kier alpha value is -2.04. The highest BCUT2D eigenvalue weighted by molar-refractivity contribution is 5.85. The number of likely N-dealkylation sites (N-methyl/N-ethyl adjacent to an activating group) is 1. The van der Waals surface area contributed by atoms with Gasteiger partial charge in [-0.1, -0.05) is 25.1 Å². The van der Waals surface area contributed by atoms with E-state index in [1.165, 1.54) is 5.56 Å². The van der Waals surface area contributed by atoms with Crippen molar-refractivity contribution >= 4 is 11.8 Å². The minimum Gasteiger partial charge on any atom is -0.491 e. The molecule has 0 bridgehead atoms. The van der Waals surface area contributed by atoms with Crippen molar-refractivity contribution in [3.63, 3.8) is 0 Å². The maximum atomic E-state index is 12.2. The summed E-state index contributed by atoms with van der Waals surface area (Å²) in [7, 11) is 1.76. The van der Waals surface area contributed by atoms with Crippen molar-refractivity contribution in [3.8, 4) is 5.75 Å². The zero-order valence-electron chi connectivity index (χ0n) is 14.1. The Labute approximate surface area is 138 Å². The summed E-state index contributed by atoms with van der Waals surface area (Å²) in [5, 5.41) is 0. The van der Waals surface area contributed by atoms with Gasteiger partial charge in [0.25, 0.3) is 0 Å². The molecule has 0 N–H and O–H groups in total. The molecule has 0 aromatic heterocycles. The standard InChI is InChI=1S/C18H26N2O3/c1-3-15-8-4-5-9-16(15)23-13-12-19(2)18(22)14-20-11-7-6-10-17(20)21/h4-5,8-9H,3,6-7,10-14H2,1-2H3. The van der Waals surface area contributed by atoms with Crippen molar-refractivity contribution in [2.45, 2.75) is 32.6 Å². The fraction of sp³-hybridized carbons (Fsp3) is 0.556. The summed E-state index contributed by atoms with van der Waals surface area (Å²) in [5.74, 6) is 0.931. The lowest BCUT2D eigenvalue weighted by molar-refractivity contribution is -0.141. The second-order valence-corrected chi connectivity index (χ2v) is 5.90. The van der Waals surface area contributed by atoms with Crippen LogP contribution in [0.5, 0.6) is 5.75 Å². The average Bonchev–Trinajstić information content (AvgIpc) is 2.57. The quantitative estimate of drug-likeness (QED) is 0.773. The van der Waals surface area contributed by atoms with Crippen LogP contribution in [-0.4, -0.2) is 54.9 Å². The molecule has 0 radical (unpaired) electrons. The number of para-hydroxylation sites is 1. The lowest BCUT2D eigenvalue weighted by Crippen LogP contribution is -2.44. The van der Waals surface area contributed by atoms with Gasteiger partial charge < -0.3 is 14.5 Å². The first kappa shape index (κ1) is 17.3. The number of amides is 2. The van der Waals surface area contributed by atoms with Gasteiger partial charge in [-0.05, 0) is 30.9 Å². The van der Waals surface area contributed by atoms with Gasteiger partial charge in [0.15, 0.2) is 0 Å². The predicted octanol–water partition coefficient (Wildman–Crippen LogP) is 2.10. The van der Waals surface area contributed by atoms with Gasteiger partial charge in [0.1, 0.15) is 12.4 Å². The van der Waals surface area contributed by atoms with E-state index < -0.39 is 0 Å². The number of rotatable bonds is 7. The third kappa shape index (κ3) is 4.98. The van der Waals surface area contributed by atoms with E-state index in [4.69, 9.17) is 4.74 Å². The number of carbonyl (C=O) groups is 2. The molecule has 2 rings (SSSR count). The molecular formula is C18H26N2O3. The van der Waals surface area contributed by atoms with Crippen LogP contribution < -0.4 is 4.74 Å². The molecule has 1 aliphatic rings. The molecule has 1 fully saturated rings. The molecule has 1 saturated heterocycles. The van der Waals surface area contributed by atoms with Gasteiger partial charge in [0.05, 0.1) is 13.1 Å². The van der Waals surface area contributed by atoms with Crippen LogP contribution in [0, 0.1) is 0 Å². The summed E-state index contributed by atoms with van der Waals surface area (Å²) in [5.41, 5.74) is 1.17. The third-order valence-corrected chi connectivity index (χ3v) is 4.21. The van der Waals surface area contributed by atoms with Crippen molar-refractivity contribution in [1.29, 1.82) is 0 Å². The molecule has 0 saturated carbocycles. The van der Waals surface area contributed by atoms with Gasteiger partial charge in [-0.3, -0.25) is 9.59 Å². The van der Waals surface area contributed by atoms with Gasteiger partial charge in [0.2, 0.25) is 11.8 Å². The summed E-state index contributed by atoms with van der Waals surface area (Å²) in [4.78, 5) is 27.2. The zero-order chi connectivity index (χ0) is 16.7. The number of piperidine rings is 1. The molecule has 126 valence electrons. The lowest BCUT2D eigenvalue weighted by atomic mass is 10.1. The minimum absolute atomic E-state index is 0.0346. The first-order valence-electron chi connectivity index (χ1n) is 8.34. The highest BCUT2D eigenvalue weighted by Crippen LogP contribution is 2.18. The summed E-state index contributed by atoms with van der Waals surface area (Å²) >= 11 is 0. The third-order valence-electron chi connectivity index (χ3n) is 4.21. The number of ether oxygens (including phenoxy) is 1. The number of nitrogens with zero attached hydrogens (tertiary/aromatic N) is 2. The second-order valence-electron chi connectivity index (χ2n) is 5.90. The number of benzene rings is 1. The number of likely N-dealkylation sites (tertiary alicyclic amines) is 1. The van der Waals surface area contributed by atoms with Crippen LogP contribution in [0.25, 0.3) is 0 Å². The molecule has 1 heterocycles. The van der Waals surface area contributed by atoms with E-state index in [1.807, 2.05) is 24.3 Å². The fourth-order valence-electron chi connectivity index (χ4n) is 2.67. The number of carbonyl (C=O) groups excluding carboxylic acids is 2. The maximum absolute atomic E-state index is 12.2. The summed E-state index contributed by atoms with van der Waals surface area (Å²) < 4.78 is 5.79. The number of hydrogen-bond donors (Lipinski definition) is 0. The van der Waals surface area contributed by atoms with Gasteiger partial charge in [-0.15, -0.1) is 0 Å². The zero-order valence-corrected chi connectivity index (χ0v) is 14.1. The molecule has 2 amide bonds. The molecule has 1 aromatic rings. The molecule has 1 aliphatic heterocycles. The summed E-state index contributed by atoms with van der Waals surface area (Å²) in [6, 6.07) is 7.95. The molecular weight excluding hydrogens is 292 g/mol. The van der Waals surface area contributed by atoms with E-state index in [2.05, 4.69) is 6.92 Å². The smallest absolute Gasteiger partial charge is 0.242 e. The van der Waals surface area contributed by atoms with Crippen LogP contribution in [0.4, 0.5) is 0 Å². The number of hydrogen-bond acceptors (Lipinski definition) is 3. The van der Waals surface area contributed by atoms with Crippen LogP contribution >= 0.6 is 0 Å². The first-order chi connectivity index (χ1) is 11.1. The Kier molecular flexibility index (Phi) is 6.44. The van der Waals surface area contributed by atoms with Crippen molar-refractivity contribution in [2.24, 2.45) is 0 Å². The van der Waals surface area contributed by atoms with E-state index in [9.17, 15) is 9.59 Å². The monoisotopic (exact) mass is 318 g/mol. The molecule has 5 heteroatoms. The van der Waals surface area contributed by atoms with E-state index in [-0.39, 0.29) is 18.4 Å². The Morgan fingerprint density at radius 2 is 2.09 bits per heavy atom. The first-order valence-corrected chi connectivity index (χ1v) is 8.34. The highest BCUT2D eigenvalue weighted by Gasteiger charge is 2.21. The van der Waals surface area contributed by atoms with Gasteiger partial charge in [-0.2, -0.15) is 0 Å². The molecule has 23 heavy (non-hydrogen) atoms. The summed E-state index contributed by atoms with van der Waals surface area (Å²) in [6.07, 6.45) is 3.40. The summed E-state index contributed by atoms with van der Waals surface area (Å²) in [6.45, 7) is 3.93. The van der Waals surface area contributed by atoms with Gasteiger partial charge >= 0.3 is 0 Å². The Morgan fingerprint density at radius 3 is 2.83 bits per heavy atom. The SMILES string of the molecule is CCc1ccccc1OCCN(C)C(=O)CN1CCCCC1=O. The molecule has 0 unspecified atom stereocenters. The lowest BCUT2D eigenvalue weighted by Gasteiger charge is -2.28. The molecule has 5 nitrogen and oxygen atoms in total. The molecule has 0 spiro atoms. The van der Waals surface area contributed by atoms with Crippen molar-refractivity contribution in [1.82, 2.24) is 9.80 Å².